The topological polar surface area (TPSA) is 42.0 Å². The molecule has 3 nitrogen and oxygen atoms in total. The number of hydrogen-bond donors (Lipinski definition) is 1. The minimum absolute atomic E-state index is 0.202. The zero-order valence-corrected chi connectivity index (χ0v) is 10.1. The Balaban J connectivity index is 2.10. The van der Waals surface area contributed by atoms with E-state index in [2.05, 4.69) is 9.69 Å². The van der Waals surface area contributed by atoms with E-state index in [1.165, 1.54) is 11.5 Å². The number of benzene rings is 1. The molecule has 82 valence electrons. The SMILES string of the molecule is Cc1cc(C(=O)Nc2ccc(Cl)cc2)ns1. The van der Waals surface area contributed by atoms with Gasteiger partial charge in [0.1, 0.15) is 5.69 Å². The molecule has 0 aliphatic carbocycles. The van der Waals surface area contributed by atoms with Gasteiger partial charge in [0.15, 0.2) is 0 Å². The summed E-state index contributed by atoms with van der Waals surface area (Å²) in [6.07, 6.45) is 0. The van der Waals surface area contributed by atoms with Crippen LogP contribution in [0.3, 0.4) is 0 Å². The van der Waals surface area contributed by atoms with Crippen molar-refractivity contribution in [1.82, 2.24) is 4.37 Å². The molecule has 1 heterocycles. The second-order valence-electron chi connectivity index (χ2n) is 3.28. The third-order valence-corrected chi connectivity index (χ3v) is 2.91. The predicted octanol–water partition coefficient (Wildman–Crippen LogP) is 3.36. The molecule has 0 aliphatic heterocycles. The molecule has 0 aliphatic rings. The second kappa shape index (κ2) is 4.63. The molecule has 0 spiro atoms. The molecule has 1 aromatic heterocycles. The Morgan fingerprint density at radius 2 is 2.06 bits per heavy atom. The van der Waals surface area contributed by atoms with Crippen molar-refractivity contribution in [3.8, 4) is 0 Å². The average Bonchev–Trinajstić information content (AvgIpc) is 2.68. The number of anilines is 1. The zero-order chi connectivity index (χ0) is 11.5. The highest BCUT2D eigenvalue weighted by Gasteiger charge is 2.09. The van der Waals surface area contributed by atoms with Gasteiger partial charge in [-0.2, -0.15) is 4.37 Å². The summed E-state index contributed by atoms with van der Waals surface area (Å²) in [5.74, 6) is -0.202. The molecule has 5 heteroatoms. The van der Waals surface area contributed by atoms with Crippen LogP contribution in [0.25, 0.3) is 0 Å². The summed E-state index contributed by atoms with van der Waals surface area (Å²) in [7, 11) is 0. The number of aryl methyl sites for hydroxylation is 1. The number of nitrogens with one attached hydrogen (secondary N) is 1. The zero-order valence-electron chi connectivity index (χ0n) is 8.53. The van der Waals surface area contributed by atoms with E-state index in [-0.39, 0.29) is 5.91 Å². The third kappa shape index (κ3) is 2.59. The van der Waals surface area contributed by atoms with E-state index in [1.807, 2.05) is 6.92 Å². The van der Waals surface area contributed by atoms with Crippen LogP contribution in [0.15, 0.2) is 30.3 Å². The Labute approximate surface area is 102 Å². The van der Waals surface area contributed by atoms with Gasteiger partial charge in [-0.15, -0.1) is 0 Å². The van der Waals surface area contributed by atoms with Gasteiger partial charge in [-0.25, -0.2) is 0 Å². The highest BCUT2D eigenvalue weighted by Crippen LogP contribution is 2.15. The number of carbonyl (C=O) groups is 1. The van der Waals surface area contributed by atoms with Crippen LogP contribution in [0.2, 0.25) is 5.02 Å². The second-order valence-corrected chi connectivity index (χ2v) is 4.73. The summed E-state index contributed by atoms with van der Waals surface area (Å²) in [4.78, 5) is 12.7. The molecule has 16 heavy (non-hydrogen) atoms. The van der Waals surface area contributed by atoms with Crippen molar-refractivity contribution in [2.24, 2.45) is 0 Å². The first kappa shape index (κ1) is 11.1. The third-order valence-electron chi connectivity index (χ3n) is 1.96. The number of amides is 1. The summed E-state index contributed by atoms with van der Waals surface area (Å²) >= 11 is 7.06. The summed E-state index contributed by atoms with van der Waals surface area (Å²) < 4.78 is 4.03. The molecule has 0 bridgehead atoms. The fourth-order valence-electron chi connectivity index (χ4n) is 1.20. The van der Waals surface area contributed by atoms with Gasteiger partial charge < -0.3 is 5.32 Å². The highest BCUT2D eigenvalue weighted by molar-refractivity contribution is 7.05. The van der Waals surface area contributed by atoms with E-state index in [4.69, 9.17) is 11.6 Å². The molecule has 1 aromatic carbocycles. The first-order chi connectivity index (χ1) is 7.65. The molecule has 0 unspecified atom stereocenters. The van der Waals surface area contributed by atoms with Crippen molar-refractivity contribution in [3.05, 3.63) is 45.9 Å². The van der Waals surface area contributed by atoms with Crippen LogP contribution in [0.5, 0.6) is 0 Å². The van der Waals surface area contributed by atoms with Gasteiger partial charge in [-0.3, -0.25) is 4.79 Å². The van der Waals surface area contributed by atoms with Crippen molar-refractivity contribution in [1.29, 1.82) is 0 Å². The van der Waals surface area contributed by atoms with Crippen molar-refractivity contribution in [2.45, 2.75) is 6.92 Å². The normalized spacial score (nSPS) is 10.1. The van der Waals surface area contributed by atoms with E-state index in [0.29, 0.717) is 16.4 Å². The number of nitrogens with zero attached hydrogens (tertiary/aromatic N) is 1. The molecular weight excluding hydrogens is 244 g/mol. The van der Waals surface area contributed by atoms with Crippen molar-refractivity contribution in [3.63, 3.8) is 0 Å². The van der Waals surface area contributed by atoms with Crippen molar-refractivity contribution >= 4 is 34.7 Å². The maximum absolute atomic E-state index is 11.7. The Kier molecular flexibility index (Phi) is 3.22. The lowest BCUT2D eigenvalue weighted by Gasteiger charge is -2.02. The Bertz CT molecular complexity index is 507. The first-order valence-corrected chi connectivity index (χ1v) is 5.80. The Morgan fingerprint density at radius 3 is 2.62 bits per heavy atom. The lowest BCUT2D eigenvalue weighted by Crippen LogP contribution is -2.11. The molecule has 0 fully saturated rings. The molecule has 1 N–H and O–H groups in total. The summed E-state index contributed by atoms with van der Waals surface area (Å²) in [6, 6.07) is 8.71. The van der Waals surface area contributed by atoms with E-state index >= 15 is 0 Å². The molecule has 0 saturated carbocycles. The van der Waals surface area contributed by atoms with Crippen LogP contribution in [0.4, 0.5) is 5.69 Å². The standard InChI is InChI=1S/C11H9ClN2OS/c1-7-6-10(14-16-7)11(15)13-9-4-2-8(12)3-5-9/h2-6H,1H3,(H,13,15). The van der Waals surface area contributed by atoms with Gasteiger partial charge in [0.2, 0.25) is 0 Å². The summed E-state index contributed by atoms with van der Waals surface area (Å²) in [5, 5.41) is 3.39. The maximum atomic E-state index is 11.7. The molecule has 2 aromatic rings. The quantitative estimate of drug-likeness (QED) is 0.891. The minimum atomic E-state index is -0.202. The predicted molar refractivity (Wildman–Crippen MR) is 66.3 cm³/mol. The smallest absolute Gasteiger partial charge is 0.275 e. The molecule has 0 saturated heterocycles. The molecule has 0 radical (unpaired) electrons. The van der Waals surface area contributed by atoms with Gasteiger partial charge in [0, 0.05) is 15.6 Å². The Morgan fingerprint density at radius 1 is 1.38 bits per heavy atom. The fourth-order valence-corrected chi connectivity index (χ4v) is 1.87. The van der Waals surface area contributed by atoms with Crippen LogP contribution in [0, 0.1) is 6.92 Å². The van der Waals surface area contributed by atoms with Gasteiger partial charge in [-0.05, 0) is 48.8 Å². The first-order valence-electron chi connectivity index (χ1n) is 4.65. The molecule has 2 rings (SSSR count). The van der Waals surface area contributed by atoms with Crippen molar-refractivity contribution in [2.75, 3.05) is 5.32 Å². The average molecular weight is 253 g/mol. The largest absolute Gasteiger partial charge is 0.321 e. The number of rotatable bonds is 2. The molecule has 0 atom stereocenters. The monoisotopic (exact) mass is 252 g/mol. The van der Waals surface area contributed by atoms with E-state index in [0.717, 1.165) is 4.88 Å². The van der Waals surface area contributed by atoms with E-state index < -0.39 is 0 Å². The number of aromatic nitrogens is 1. The minimum Gasteiger partial charge on any atom is -0.321 e. The lowest BCUT2D eigenvalue weighted by molar-refractivity contribution is 0.102. The Hall–Kier alpha value is -1.39. The number of carbonyl (C=O) groups excluding carboxylic acids is 1. The van der Waals surface area contributed by atoms with Crippen LogP contribution >= 0.6 is 23.1 Å². The van der Waals surface area contributed by atoms with Gasteiger partial charge in [-0.1, -0.05) is 11.6 Å². The number of halogens is 1. The molecule has 1 amide bonds. The van der Waals surface area contributed by atoms with Crippen LogP contribution < -0.4 is 5.32 Å². The van der Waals surface area contributed by atoms with Crippen molar-refractivity contribution < 1.29 is 4.79 Å². The van der Waals surface area contributed by atoms with Crippen LogP contribution in [0.1, 0.15) is 15.4 Å². The molecular formula is C11H9ClN2OS. The maximum Gasteiger partial charge on any atom is 0.275 e. The number of hydrogen-bond acceptors (Lipinski definition) is 3. The van der Waals surface area contributed by atoms with Crippen LogP contribution in [-0.2, 0) is 0 Å². The van der Waals surface area contributed by atoms with Gasteiger partial charge in [0.25, 0.3) is 5.91 Å². The van der Waals surface area contributed by atoms with Gasteiger partial charge in [0.05, 0.1) is 0 Å². The summed E-state index contributed by atoms with van der Waals surface area (Å²) in [5.41, 5.74) is 1.15. The lowest BCUT2D eigenvalue weighted by atomic mass is 10.3. The van der Waals surface area contributed by atoms with Crippen LogP contribution in [-0.4, -0.2) is 10.3 Å². The van der Waals surface area contributed by atoms with Gasteiger partial charge >= 0.3 is 0 Å². The van der Waals surface area contributed by atoms with E-state index in [1.54, 1.807) is 30.3 Å². The van der Waals surface area contributed by atoms with E-state index in [9.17, 15) is 4.79 Å². The fraction of sp³-hybridized carbons (Fsp3) is 0.0909. The summed E-state index contributed by atoms with van der Waals surface area (Å²) in [6.45, 7) is 1.91. The highest BCUT2D eigenvalue weighted by atomic mass is 35.5.